The van der Waals surface area contributed by atoms with Gasteiger partial charge in [-0.05, 0) is 60.9 Å². The SMILES string of the molecule is Cc1cccc(C)c1NC(=O)Nc1ccc2c(c1)N(Cc1ccccc1)C(=O)c1ccccc1S2. The Kier molecular flexibility index (Phi) is 6.29. The van der Waals surface area contributed by atoms with Crippen molar-refractivity contribution in [3.8, 4) is 0 Å². The molecule has 0 radical (unpaired) electrons. The van der Waals surface area contributed by atoms with Crippen molar-refractivity contribution in [2.75, 3.05) is 15.5 Å². The van der Waals surface area contributed by atoms with Gasteiger partial charge in [0.1, 0.15) is 0 Å². The van der Waals surface area contributed by atoms with Crippen LogP contribution in [-0.2, 0) is 6.54 Å². The molecular weight excluding hydrogens is 454 g/mol. The molecule has 0 saturated heterocycles. The molecule has 0 atom stereocenters. The topological polar surface area (TPSA) is 61.4 Å². The summed E-state index contributed by atoms with van der Waals surface area (Å²) in [6.07, 6.45) is 0. The van der Waals surface area contributed by atoms with Gasteiger partial charge in [0.15, 0.2) is 0 Å². The van der Waals surface area contributed by atoms with Crippen molar-refractivity contribution in [2.24, 2.45) is 0 Å². The van der Waals surface area contributed by atoms with Crippen LogP contribution in [0.25, 0.3) is 0 Å². The van der Waals surface area contributed by atoms with Gasteiger partial charge in [-0.25, -0.2) is 4.79 Å². The summed E-state index contributed by atoms with van der Waals surface area (Å²) >= 11 is 1.56. The number of fused-ring (bicyclic) bond motifs is 2. The van der Waals surface area contributed by atoms with E-state index in [0.717, 1.165) is 37.9 Å². The van der Waals surface area contributed by atoms with Crippen LogP contribution in [0.15, 0.2) is 101 Å². The van der Waals surface area contributed by atoms with Crippen LogP contribution in [-0.4, -0.2) is 11.9 Å². The third-order valence-corrected chi connectivity index (χ3v) is 7.13. The van der Waals surface area contributed by atoms with Gasteiger partial charge in [0.05, 0.1) is 17.8 Å². The molecule has 0 saturated carbocycles. The van der Waals surface area contributed by atoms with Gasteiger partial charge < -0.3 is 15.5 Å². The van der Waals surface area contributed by atoms with Crippen LogP contribution in [0.5, 0.6) is 0 Å². The average molecular weight is 480 g/mol. The lowest BCUT2D eigenvalue weighted by molar-refractivity contribution is 0.0982. The fourth-order valence-corrected chi connectivity index (χ4v) is 5.27. The average Bonchev–Trinajstić information content (AvgIpc) is 2.97. The maximum Gasteiger partial charge on any atom is 0.323 e. The van der Waals surface area contributed by atoms with E-state index in [1.165, 1.54) is 0 Å². The van der Waals surface area contributed by atoms with Gasteiger partial charge in [0.2, 0.25) is 0 Å². The quantitative estimate of drug-likeness (QED) is 0.324. The summed E-state index contributed by atoms with van der Waals surface area (Å²) in [6.45, 7) is 4.36. The first-order valence-corrected chi connectivity index (χ1v) is 12.2. The molecule has 0 fully saturated rings. The molecular formula is C29H25N3O2S. The van der Waals surface area contributed by atoms with Crippen LogP contribution in [0.4, 0.5) is 21.9 Å². The third kappa shape index (κ3) is 4.79. The third-order valence-electron chi connectivity index (χ3n) is 5.99. The van der Waals surface area contributed by atoms with Gasteiger partial charge in [-0.3, -0.25) is 4.79 Å². The van der Waals surface area contributed by atoms with E-state index in [2.05, 4.69) is 10.6 Å². The molecule has 0 aliphatic carbocycles. The zero-order valence-electron chi connectivity index (χ0n) is 19.5. The number of para-hydroxylation sites is 1. The molecule has 5 nitrogen and oxygen atoms in total. The molecule has 5 rings (SSSR count). The Morgan fingerprint density at radius 3 is 2.29 bits per heavy atom. The number of carbonyl (C=O) groups excluding carboxylic acids is 2. The van der Waals surface area contributed by atoms with Crippen LogP contribution in [0.1, 0.15) is 27.0 Å². The second-order valence-corrected chi connectivity index (χ2v) is 9.59. The minimum absolute atomic E-state index is 0.0622. The number of hydrogen-bond donors (Lipinski definition) is 2. The number of nitrogens with one attached hydrogen (secondary N) is 2. The number of rotatable bonds is 4. The van der Waals surface area contributed by atoms with E-state index in [4.69, 9.17) is 0 Å². The van der Waals surface area contributed by atoms with Gasteiger partial charge in [-0.15, -0.1) is 0 Å². The number of hydrogen-bond acceptors (Lipinski definition) is 3. The number of amides is 3. The van der Waals surface area contributed by atoms with E-state index in [1.807, 2.05) is 105 Å². The molecule has 3 amide bonds. The van der Waals surface area contributed by atoms with Crippen LogP contribution in [0.2, 0.25) is 0 Å². The predicted molar refractivity (Wildman–Crippen MR) is 143 cm³/mol. The highest BCUT2D eigenvalue weighted by Crippen LogP contribution is 2.43. The molecule has 4 aromatic carbocycles. The molecule has 0 unspecified atom stereocenters. The maximum atomic E-state index is 13.7. The summed E-state index contributed by atoms with van der Waals surface area (Å²) < 4.78 is 0. The minimum atomic E-state index is -0.326. The minimum Gasteiger partial charge on any atom is -0.308 e. The van der Waals surface area contributed by atoms with E-state index in [1.54, 1.807) is 16.7 Å². The second-order valence-electron chi connectivity index (χ2n) is 8.50. The smallest absolute Gasteiger partial charge is 0.308 e. The first-order chi connectivity index (χ1) is 17.0. The number of anilines is 3. The van der Waals surface area contributed by atoms with Gasteiger partial charge >= 0.3 is 6.03 Å². The molecule has 6 heteroatoms. The van der Waals surface area contributed by atoms with Gasteiger partial charge in [0.25, 0.3) is 5.91 Å². The Labute approximate surface area is 209 Å². The van der Waals surface area contributed by atoms with Crippen molar-refractivity contribution in [3.05, 3.63) is 113 Å². The highest BCUT2D eigenvalue weighted by Gasteiger charge is 2.27. The Balaban J connectivity index is 1.48. The summed E-state index contributed by atoms with van der Waals surface area (Å²) in [6, 6.07) is 28.9. The van der Waals surface area contributed by atoms with Crippen LogP contribution < -0.4 is 15.5 Å². The Hall–Kier alpha value is -4.03. The Morgan fingerprint density at radius 1 is 0.800 bits per heavy atom. The molecule has 1 heterocycles. The molecule has 0 spiro atoms. The van der Waals surface area contributed by atoms with Gasteiger partial charge in [-0.1, -0.05) is 72.4 Å². The molecule has 174 valence electrons. The fourth-order valence-electron chi connectivity index (χ4n) is 4.21. The first-order valence-electron chi connectivity index (χ1n) is 11.4. The first kappa shape index (κ1) is 22.7. The van der Waals surface area contributed by atoms with E-state index < -0.39 is 0 Å². The van der Waals surface area contributed by atoms with Crippen LogP contribution in [0, 0.1) is 13.8 Å². The van der Waals surface area contributed by atoms with Gasteiger partial charge in [0, 0.05) is 21.2 Å². The number of nitrogens with zero attached hydrogens (tertiary/aromatic N) is 1. The summed E-state index contributed by atoms with van der Waals surface area (Å²) in [5, 5.41) is 5.90. The van der Waals surface area contributed by atoms with E-state index in [-0.39, 0.29) is 11.9 Å². The lowest BCUT2D eigenvalue weighted by atomic mass is 10.1. The van der Waals surface area contributed by atoms with E-state index in [0.29, 0.717) is 17.8 Å². The highest BCUT2D eigenvalue weighted by atomic mass is 32.2. The lowest BCUT2D eigenvalue weighted by Crippen LogP contribution is -2.30. The molecule has 1 aliphatic heterocycles. The summed E-state index contributed by atoms with van der Waals surface area (Å²) in [4.78, 5) is 30.2. The number of benzene rings is 4. The molecule has 0 bridgehead atoms. The number of urea groups is 1. The summed E-state index contributed by atoms with van der Waals surface area (Å²) in [7, 11) is 0. The fraction of sp³-hybridized carbons (Fsp3) is 0.103. The Bertz CT molecular complexity index is 1400. The summed E-state index contributed by atoms with van der Waals surface area (Å²) in [5.74, 6) is -0.0622. The normalized spacial score (nSPS) is 12.4. The van der Waals surface area contributed by atoms with Crippen molar-refractivity contribution >= 4 is 40.8 Å². The second kappa shape index (κ2) is 9.68. The van der Waals surface area contributed by atoms with E-state index >= 15 is 0 Å². The predicted octanol–water partition coefficient (Wildman–Crippen LogP) is 7.26. The van der Waals surface area contributed by atoms with Crippen LogP contribution >= 0.6 is 11.8 Å². The molecule has 4 aromatic rings. The number of aryl methyl sites for hydroxylation is 2. The molecule has 0 aromatic heterocycles. The largest absolute Gasteiger partial charge is 0.323 e. The van der Waals surface area contributed by atoms with Crippen molar-refractivity contribution in [3.63, 3.8) is 0 Å². The van der Waals surface area contributed by atoms with Crippen molar-refractivity contribution in [1.29, 1.82) is 0 Å². The molecule has 1 aliphatic rings. The highest BCUT2D eigenvalue weighted by molar-refractivity contribution is 7.99. The maximum absolute atomic E-state index is 13.7. The van der Waals surface area contributed by atoms with Crippen LogP contribution in [0.3, 0.4) is 0 Å². The molecule has 35 heavy (non-hydrogen) atoms. The number of carbonyl (C=O) groups is 2. The zero-order valence-corrected chi connectivity index (χ0v) is 20.4. The monoisotopic (exact) mass is 479 g/mol. The van der Waals surface area contributed by atoms with Gasteiger partial charge in [-0.2, -0.15) is 0 Å². The zero-order chi connectivity index (χ0) is 24.4. The van der Waals surface area contributed by atoms with E-state index in [9.17, 15) is 9.59 Å². The van der Waals surface area contributed by atoms with Crippen molar-refractivity contribution < 1.29 is 9.59 Å². The lowest BCUT2D eigenvalue weighted by Gasteiger charge is -2.24. The summed E-state index contributed by atoms with van der Waals surface area (Å²) in [5.41, 5.74) is 5.88. The standard InChI is InChI=1S/C29H25N3O2S/c1-19-9-8-10-20(2)27(19)31-29(34)30-22-15-16-26-24(17-22)32(18-21-11-4-3-5-12-21)28(33)23-13-6-7-14-25(23)35-26/h3-17H,18H2,1-2H3,(H2,30,31,34). The molecule has 2 N–H and O–H groups in total. The Morgan fingerprint density at radius 2 is 1.51 bits per heavy atom. The van der Waals surface area contributed by atoms with Crippen molar-refractivity contribution in [1.82, 2.24) is 0 Å². The van der Waals surface area contributed by atoms with Crippen molar-refractivity contribution in [2.45, 2.75) is 30.2 Å².